The Morgan fingerprint density at radius 2 is 1.88 bits per heavy atom. The number of carbonyl (C=O) groups is 1. The van der Waals surface area contributed by atoms with Gasteiger partial charge in [-0.1, -0.05) is 35.9 Å². The molecule has 0 aliphatic heterocycles. The van der Waals surface area contributed by atoms with Crippen molar-refractivity contribution in [2.75, 3.05) is 0 Å². The van der Waals surface area contributed by atoms with Crippen LogP contribution in [0, 0.1) is 0 Å². The van der Waals surface area contributed by atoms with Gasteiger partial charge in [0.2, 0.25) is 0 Å². The molecular formula is C18H13ClN4O3. The fourth-order valence-corrected chi connectivity index (χ4v) is 3.34. The van der Waals surface area contributed by atoms with E-state index >= 15 is 0 Å². The van der Waals surface area contributed by atoms with Crippen LogP contribution in [0.4, 0.5) is 0 Å². The van der Waals surface area contributed by atoms with Crippen molar-refractivity contribution in [3.05, 3.63) is 79.2 Å². The zero-order valence-corrected chi connectivity index (χ0v) is 14.2. The van der Waals surface area contributed by atoms with E-state index in [1.54, 1.807) is 18.2 Å². The van der Waals surface area contributed by atoms with Gasteiger partial charge in [-0.05, 0) is 35.4 Å². The van der Waals surface area contributed by atoms with Crippen molar-refractivity contribution in [1.82, 2.24) is 20.2 Å². The lowest BCUT2D eigenvalue weighted by Crippen LogP contribution is -2.23. The Morgan fingerprint density at radius 1 is 1.12 bits per heavy atom. The predicted octanol–water partition coefficient (Wildman–Crippen LogP) is 2.26. The van der Waals surface area contributed by atoms with Gasteiger partial charge in [0.05, 0.1) is 5.56 Å². The number of aromatic amines is 2. The molecule has 1 aliphatic rings. The minimum Gasteiger partial charge on any atom is -0.313 e. The SMILES string of the molecule is O=Cc1ccc(C2CC2c2cc(-c3c[nH]c(=O)[nH]c3=O)nnc2Cl)cc1. The molecule has 1 saturated carbocycles. The second-order valence-electron chi connectivity index (χ2n) is 6.19. The van der Waals surface area contributed by atoms with Crippen LogP contribution in [0.3, 0.4) is 0 Å². The minimum absolute atomic E-state index is 0.167. The molecule has 0 amide bonds. The second-order valence-corrected chi connectivity index (χ2v) is 6.55. The van der Waals surface area contributed by atoms with Crippen molar-refractivity contribution in [2.45, 2.75) is 18.3 Å². The Hall–Kier alpha value is -3.06. The number of benzene rings is 1. The molecule has 2 heterocycles. The maximum atomic E-state index is 12.0. The van der Waals surface area contributed by atoms with Gasteiger partial charge >= 0.3 is 5.69 Å². The van der Waals surface area contributed by atoms with Crippen LogP contribution < -0.4 is 11.2 Å². The van der Waals surface area contributed by atoms with E-state index in [0.717, 1.165) is 23.8 Å². The molecule has 2 unspecified atom stereocenters. The van der Waals surface area contributed by atoms with Crippen LogP contribution in [0.5, 0.6) is 0 Å². The molecule has 0 spiro atoms. The lowest BCUT2D eigenvalue weighted by Gasteiger charge is -2.06. The Labute approximate surface area is 152 Å². The molecule has 130 valence electrons. The Kier molecular flexibility index (Phi) is 4.00. The van der Waals surface area contributed by atoms with E-state index in [-0.39, 0.29) is 17.4 Å². The Morgan fingerprint density at radius 3 is 2.58 bits per heavy atom. The molecule has 0 radical (unpaired) electrons. The van der Waals surface area contributed by atoms with Gasteiger partial charge in [-0.15, -0.1) is 10.2 Å². The fraction of sp³-hybridized carbons (Fsp3) is 0.167. The van der Waals surface area contributed by atoms with Crippen molar-refractivity contribution in [2.24, 2.45) is 0 Å². The van der Waals surface area contributed by atoms with Crippen molar-refractivity contribution in [3.8, 4) is 11.3 Å². The summed E-state index contributed by atoms with van der Waals surface area (Å²) in [6, 6.07) is 9.18. The average Bonchev–Trinajstić information content (AvgIpc) is 3.43. The topological polar surface area (TPSA) is 109 Å². The number of halogens is 1. The highest BCUT2D eigenvalue weighted by atomic mass is 35.5. The van der Waals surface area contributed by atoms with Crippen molar-refractivity contribution in [3.63, 3.8) is 0 Å². The molecular weight excluding hydrogens is 356 g/mol. The molecule has 1 aliphatic carbocycles. The van der Waals surface area contributed by atoms with Gasteiger partial charge in [-0.2, -0.15) is 0 Å². The summed E-state index contributed by atoms with van der Waals surface area (Å²) in [6.45, 7) is 0. The molecule has 26 heavy (non-hydrogen) atoms. The maximum Gasteiger partial charge on any atom is 0.325 e. The van der Waals surface area contributed by atoms with Crippen LogP contribution in [0.15, 0.2) is 46.1 Å². The minimum atomic E-state index is -0.582. The summed E-state index contributed by atoms with van der Waals surface area (Å²) in [5, 5.41) is 8.23. The van der Waals surface area contributed by atoms with Crippen LogP contribution in [0.1, 0.15) is 39.7 Å². The molecule has 0 bridgehead atoms. The van der Waals surface area contributed by atoms with Gasteiger partial charge in [-0.3, -0.25) is 14.6 Å². The average molecular weight is 369 g/mol. The van der Waals surface area contributed by atoms with E-state index in [1.807, 2.05) is 12.1 Å². The maximum absolute atomic E-state index is 12.0. The van der Waals surface area contributed by atoms with E-state index in [4.69, 9.17) is 11.6 Å². The van der Waals surface area contributed by atoms with Crippen molar-refractivity contribution >= 4 is 17.9 Å². The Bertz CT molecular complexity index is 1100. The van der Waals surface area contributed by atoms with Crippen LogP contribution in [0.2, 0.25) is 5.15 Å². The first-order chi connectivity index (χ1) is 12.6. The zero-order chi connectivity index (χ0) is 18.3. The van der Waals surface area contributed by atoms with Crippen molar-refractivity contribution < 1.29 is 4.79 Å². The molecule has 8 heteroatoms. The number of carbonyl (C=O) groups excluding carboxylic acids is 1. The highest BCUT2D eigenvalue weighted by molar-refractivity contribution is 6.30. The number of hydrogen-bond donors (Lipinski definition) is 2. The Balaban J connectivity index is 1.66. The summed E-state index contributed by atoms with van der Waals surface area (Å²) >= 11 is 6.22. The predicted molar refractivity (Wildman–Crippen MR) is 95.6 cm³/mol. The van der Waals surface area contributed by atoms with Gasteiger partial charge in [-0.25, -0.2) is 4.79 Å². The van der Waals surface area contributed by atoms with Gasteiger partial charge in [0.15, 0.2) is 5.15 Å². The highest BCUT2D eigenvalue weighted by Gasteiger charge is 2.41. The van der Waals surface area contributed by atoms with Crippen LogP contribution in [-0.4, -0.2) is 26.5 Å². The molecule has 2 N–H and O–H groups in total. The number of hydrogen-bond acceptors (Lipinski definition) is 5. The third-order valence-electron chi connectivity index (χ3n) is 4.56. The molecule has 7 nitrogen and oxygen atoms in total. The number of H-pyrrole nitrogens is 2. The molecule has 2 atom stereocenters. The van der Waals surface area contributed by atoms with Gasteiger partial charge in [0.25, 0.3) is 5.56 Å². The number of aromatic nitrogens is 4. The third-order valence-corrected chi connectivity index (χ3v) is 4.86. The van der Waals surface area contributed by atoms with Crippen LogP contribution >= 0.6 is 11.6 Å². The van der Waals surface area contributed by atoms with E-state index < -0.39 is 11.2 Å². The van der Waals surface area contributed by atoms with E-state index in [2.05, 4.69) is 20.2 Å². The number of nitrogens with zero attached hydrogens (tertiary/aromatic N) is 2. The van der Waals surface area contributed by atoms with E-state index in [1.165, 1.54) is 6.20 Å². The monoisotopic (exact) mass is 368 g/mol. The molecule has 3 aromatic rings. The first-order valence-corrected chi connectivity index (χ1v) is 8.35. The van der Waals surface area contributed by atoms with Crippen LogP contribution in [-0.2, 0) is 0 Å². The first-order valence-electron chi connectivity index (χ1n) is 7.97. The fourth-order valence-electron chi connectivity index (χ4n) is 3.11. The molecule has 1 aromatic carbocycles. The lowest BCUT2D eigenvalue weighted by molar-refractivity contribution is 0.112. The van der Waals surface area contributed by atoms with Crippen molar-refractivity contribution in [1.29, 1.82) is 0 Å². The standard InChI is InChI=1S/C18H13ClN4O3/c19-16-13(12-5-11(12)10-3-1-9(8-24)2-4-10)6-15(22-23-16)14-7-20-18(26)21-17(14)25/h1-4,6-8,11-12H,5H2,(H2,20,21,25,26). The normalized spacial score (nSPS) is 18.5. The highest BCUT2D eigenvalue weighted by Crippen LogP contribution is 2.56. The quantitative estimate of drug-likeness (QED) is 0.686. The zero-order valence-electron chi connectivity index (χ0n) is 13.4. The second kappa shape index (κ2) is 6.34. The van der Waals surface area contributed by atoms with Gasteiger partial charge in [0.1, 0.15) is 12.0 Å². The first kappa shape index (κ1) is 16.4. The van der Waals surface area contributed by atoms with Gasteiger partial charge in [0, 0.05) is 11.8 Å². The molecule has 4 rings (SSSR count). The summed E-state index contributed by atoms with van der Waals surface area (Å²) in [6.07, 6.45) is 3.02. The molecule has 1 fully saturated rings. The van der Waals surface area contributed by atoms with Crippen LogP contribution in [0.25, 0.3) is 11.3 Å². The number of rotatable bonds is 4. The third kappa shape index (κ3) is 2.97. The summed E-state index contributed by atoms with van der Waals surface area (Å²) in [5.41, 5.74) is 2.03. The van der Waals surface area contributed by atoms with E-state index in [0.29, 0.717) is 16.4 Å². The number of nitrogens with one attached hydrogen (secondary N) is 2. The largest absolute Gasteiger partial charge is 0.325 e. The number of aldehydes is 1. The summed E-state index contributed by atoms with van der Waals surface area (Å²) in [4.78, 5) is 38.5. The summed E-state index contributed by atoms with van der Waals surface area (Å²) < 4.78 is 0. The molecule has 2 aromatic heterocycles. The summed E-state index contributed by atoms with van der Waals surface area (Å²) in [7, 11) is 0. The summed E-state index contributed by atoms with van der Waals surface area (Å²) in [5.74, 6) is 0.444. The lowest BCUT2D eigenvalue weighted by atomic mass is 10.0. The smallest absolute Gasteiger partial charge is 0.313 e. The van der Waals surface area contributed by atoms with E-state index in [9.17, 15) is 14.4 Å². The van der Waals surface area contributed by atoms with Gasteiger partial charge < -0.3 is 4.98 Å². The molecule has 0 saturated heterocycles.